The first-order valence-corrected chi connectivity index (χ1v) is 3.48. The van der Waals surface area contributed by atoms with Gasteiger partial charge in [-0.2, -0.15) is 0 Å². The summed E-state index contributed by atoms with van der Waals surface area (Å²) >= 11 is 0. The van der Waals surface area contributed by atoms with E-state index in [1.54, 1.807) is 0 Å². The van der Waals surface area contributed by atoms with Crippen molar-refractivity contribution in [2.75, 3.05) is 13.2 Å². The first-order valence-electron chi connectivity index (χ1n) is 3.48. The maximum atomic E-state index is 8.96. The van der Waals surface area contributed by atoms with E-state index in [9.17, 15) is 0 Å². The maximum absolute atomic E-state index is 8.96. The van der Waals surface area contributed by atoms with Gasteiger partial charge in [0.15, 0.2) is 0 Å². The van der Waals surface area contributed by atoms with E-state index in [1.807, 2.05) is 0 Å². The summed E-state index contributed by atoms with van der Waals surface area (Å²) in [4.78, 5) is 0. The fourth-order valence-corrected chi connectivity index (χ4v) is 0.671. The molecule has 0 radical (unpaired) electrons. The molecule has 0 bridgehead atoms. The Morgan fingerprint density at radius 2 is 0.929 bits per heavy atom. The Hall–Kier alpha value is 1.69. The molecular formula is C6H14ClKO6. The van der Waals surface area contributed by atoms with Gasteiger partial charge in [0, 0.05) is 0 Å². The van der Waals surface area contributed by atoms with Crippen LogP contribution >= 0.6 is 0 Å². The summed E-state index contributed by atoms with van der Waals surface area (Å²) in [6.07, 6.45) is -6.39. The van der Waals surface area contributed by atoms with E-state index in [2.05, 4.69) is 0 Å². The van der Waals surface area contributed by atoms with Gasteiger partial charge in [0.1, 0.15) is 24.4 Å². The van der Waals surface area contributed by atoms with Gasteiger partial charge < -0.3 is 43.0 Å². The largest absolute Gasteiger partial charge is 1.00 e. The van der Waals surface area contributed by atoms with Crippen LogP contribution in [0.3, 0.4) is 0 Å². The second-order valence-corrected chi connectivity index (χ2v) is 2.48. The van der Waals surface area contributed by atoms with E-state index in [0.29, 0.717) is 0 Å². The topological polar surface area (TPSA) is 121 Å². The van der Waals surface area contributed by atoms with Crippen LogP contribution < -0.4 is 63.8 Å². The molecule has 4 atom stereocenters. The van der Waals surface area contributed by atoms with E-state index in [1.165, 1.54) is 0 Å². The smallest absolute Gasteiger partial charge is 1.00 e. The quantitative estimate of drug-likeness (QED) is 0.272. The average Bonchev–Trinajstić information content (AvgIpc) is 2.12. The first-order chi connectivity index (χ1) is 5.54. The molecule has 0 amide bonds. The third-order valence-corrected chi connectivity index (χ3v) is 1.51. The Labute approximate surface area is 130 Å². The molecule has 6 nitrogen and oxygen atoms in total. The van der Waals surface area contributed by atoms with Crippen LogP contribution in [-0.4, -0.2) is 68.3 Å². The van der Waals surface area contributed by atoms with Crippen LogP contribution in [0.25, 0.3) is 0 Å². The molecule has 8 heteroatoms. The van der Waals surface area contributed by atoms with Gasteiger partial charge in [-0.3, -0.25) is 0 Å². The third kappa shape index (κ3) is 7.04. The zero-order valence-corrected chi connectivity index (χ0v) is 11.7. The predicted molar refractivity (Wildman–Crippen MR) is 38.2 cm³/mol. The zero-order chi connectivity index (χ0) is 9.72. The van der Waals surface area contributed by atoms with Gasteiger partial charge in [-0.05, 0) is 0 Å². The Morgan fingerprint density at radius 3 is 1.07 bits per heavy atom. The van der Waals surface area contributed by atoms with Crippen LogP contribution in [0.2, 0.25) is 0 Å². The molecular weight excluding hydrogens is 243 g/mol. The minimum atomic E-state index is -1.67. The van der Waals surface area contributed by atoms with Crippen LogP contribution in [0.5, 0.6) is 0 Å². The SMILES string of the molecule is OCC(O)C(O)C(O)C(O)CO.[Cl-].[K+]. The number of hydrogen-bond acceptors (Lipinski definition) is 6. The van der Waals surface area contributed by atoms with Crippen molar-refractivity contribution in [3.05, 3.63) is 0 Å². The van der Waals surface area contributed by atoms with Gasteiger partial charge in [0.05, 0.1) is 13.2 Å². The molecule has 0 rings (SSSR count). The van der Waals surface area contributed by atoms with Crippen molar-refractivity contribution in [1.82, 2.24) is 0 Å². The van der Waals surface area contributed by atoms with Crippen molar-refractivity contribution in [3.63, 3.8) is 0 Å². The standard InChI is InChI=1S/C6H14O6.ClH.K/c7-1-3(9)5(11)6(12)4(10)2-8;;/h3-12H,1-2H2;1H;/q;;+1/p-1. The summed E-state index contributed by atoms with van der Waals surface area (Å²) in [5.41, 5.74) is 0. The molecule has 0 aliphatic heterocycles. The summed E-state index contributed by atoms with van der Waals surface area (Å²) in [5, 5.41) is 52.2. The molecule has 6 N–H and O–H groups in total. The van der Waals surface area contributed by atoms with Gasteiger partial charge in [-0.15, -0.1) is 0 Å². The summed E-state index contributed by atoms with van der Waals surface area (Å²) in [7, 11) is 0. The zero-order valence-electron chi connectivity index (χ0n) is 7.78. The molecule has 0 spiro atoms. The first kappa shape index (κ1) is 21.0. The van der Waals surface area contributed by atoms with E-state index in [4.69, 9.17) is 30.6 Å². The van der Waals surface area contributed by atoms with Crippen molar-refractivity contribution in [3.8, 4) is 0 Å². The van der Waals surface area contributed by atoms with Gasteiger partial charge in [0.2, 0.25) is 0 Å². The minimum Gasteiger partial charge on any atom is -1.00 e. The van der Waals surface area contributed by atoms with Crippen LogP contribution in [0.4, 0.5) is 0 Å². The predicted octanol–water partition coefficient (Wildman–Crippen LogP) is -9.58. The molecule has 0 heterocycles. The van der Waals surface area contributed by atoms with Crippen molar-refractivity contribution < 1.29 is 94.4 Å². The van der Waals surface area contributed by atoms with E-state index >= 15 is 0 Å². The second kappa shape index (κ2) is 11.2. The van der Waals surface area contributed by atoms with Crippen LogP contribution in [0, 0.1) is 0 Å². The summed E-state index contributed by atoms with van der Waals surface area (Å²) in [6.45, 7) is -1.45. The molecule has 82 valence electrons. The average molecular weight is 257 g/mol. The molecule has 0 aromatic carbocycles. The fraction of sp³-hybridized carbons (Fsp3) is 1.00. The van der Waals surface area contributed by atoms with Crippen molar-refractivity contribution in [2.45, 2.75) is 24.4 Å². The van der Waals surface area contributed by atoms with Gasteiger partial charge in [-0.1, -0.05) is 0 Å². The number of rotatable bonds is 5. The molecule has 0 aromatic rings. The van der Waals surface area contributed by atoms with Crippen molar-refractivity contribution in [1.29, 1.82) is 0 Å². The molecule has 0 saturated heterocycles. The molecule has 0 fully saturated rings. The number of hydrogen-bond donors (Lipinski definition) is 6. The van der Waals surface area contributed by atoms with E-state index in [-0.39, 0.29) is 63.8 Å². The molecule has 14 heavy (non-hydrogen) atoms. The van der Waals surface area contributed by atoms with Gasteiger partial charge in [-0.25, -0.2) is 0 Å². The van der Waals surface area contributed by atoms with Crippen LogP contribution in [-0.2, 0) is 0 Å². The number of halogens is 1. The van der Waals surface area contributed by atoms with Gasteiger partial charge >= 0.3 is 51.4 Å². The molecule has 0 saturated carbocycles. The monoisotopic (exact) mass is 256 g/mol. The van der Waals surface area contributed by atoms with E-state index < -0.39 is 37.6 Å². The van der Waals surface area contributed by atoms with Crippen molar-refractivity contribution in [2.24, 2.45) is 0 Å². The molecule has 0 aromatic heterocycles. The number of aliphatic hydroxyl groups excluding tert-OH is 6. The van der Waals surface area contributed by atoms with Crippen LogP contribution in [0.1, 0.15) is 0 Å². The maximum Gasteiger partial charge on any atom is 1.00 e. The summed E-state index contributed by atoms with van der Waals surface area (Å²) < 4.78 is 0. The Morgan fingerprint density at radius 1 is 0.714 bits per heavy atom. The summed E-state index contributed by atoms with van der Waals surface area (Å²) in [5.74, 6) is 0. The third-order valence-electron chi connectivity index (χ3n) is 1.51. The normalized spacial score (nSPS) is 18.4. The molecule has 0 aliphatic rings. The Bertz CT molecular complexity index is 115. The molecule has 4 unspecified atom stereocenters. The number of aliphatic hydroxyl groups is 6. The van der Waals surface area contributed by atoms with Crippen molar-refractivity contribution >= 4 is 0 Å². The Kier molecular flexibility index (Phi) is 16.8. The van der Waals surface area contributed by atoms with Gasteiger partial charge in [0.25, 0.3) is 0 Å². The molecule has 0 aliphatic carbocycles. The summed E-state index contributed by atoms with van der Waals surface area (Å²) in [6, 6.07) is 0. The van der Waals surface area contributed by atoms with Crippen LogP contribution in [0.15, 0.2) is 0 Å². The Balaban J connectivity index is -0.000000605. The fourth-order valence-electron chi connectivity index (χ4n) is 0.671. The second-order valence-electron chi connectivity index (χ2n) is 2.48. The minimum absolute atomic E-state index is 0. The van der Waals surface area contributed by atoms with E-state index in [0.717, 1.165) is 0 Å².